The molecule has 2 aromatic carbocycles. The zero-order valence-corrected chi connectivity index (χ0v) is 18.0. The van der Waals surface area contributed by atoms with Crippen LogP contribution in [0.4, 0.5) is 4.79 Å². The maximum Gasteiger partial charge on any atom is 0.337 e. The van der Waals surface area contributed by atoms with E-state index in [1.165, 1.54) is 18.2 Å². The lowest BCUT2D eigenvalue weighted by atomic mass is 9.91. The van der Waals surface area contributed by atoms with Gasteiger partial charge < -0.3 is 20.1 Å². The Labute approximate surface area is 177 Å². The number of rotatable bonds is 6. The molecule has 0 aromatic heterocycles. The highest BCUT2D eigenvalue weighted by molar-refractivity contribution is 5.95. The van der Waals surface area contributed by atoms with Crippen LogP contribution in [0.15, 0.2) is 53.7 Å². The first-order valence-corrected chi connectivity index (χ1v) is 9.99. The van der Waals surface area contributed by atoms with E-state index < -0.39 is 12.0 Å². The quantitative estimate of drug-likeness (QED) is 0.698. The first-order valence-electron chi connectivity index (χ1n) is 9.99. The molecule has 2 N–H and O–H groups in total. The summed E-state index contributed by atoms with van der Waals surface area (Å²) in [5.41, 5.74) is 5.19. The first kappa shape index (κ1) is 21.4. The van der Waals surface area contributed by atoms with Gasteiger partial charge in [-0.05, 0) is 48.6 Å². The van der Waals surface area contributed by atoms with Gasteiger partial charge in [0.1, 0.15) is 12.4 Å². The van der Waals surface area contributed by atoms with Crippen LogP contribution in [-0.4, -0.2) is 19.1 Å². The molecule has 0 bridgehead atoms. The molecule has 0 spiro atoms. The van der Waals surface area contributed by atoms with Crippen molar-refractivity contribution in [2.45, 2.75) is 40.3 Å². The number of esters is 1. The smallest absolute Gasteiger partial charge is 0.337 e. The van der Waals surface area contributed by atoms with Gasteiger partial charge >= 0.3 is 12.0 Å². The van der Waals surface area contributed by atoms with Crippen LogP contribution in [0.25, 0.3) is 0 Å². The Balaban J connectivity index is 1.91. The average Bonchev–Trinajstić information content (AvgIpc) is 2.73. The molecule has 0 saturated carbocycles. The number of ether oxygens (including phenoxy) is 2. The van der Waals surface area contributed by atoms with Crippen molar-refractivity contribution in [3.05, 3.63) is 76.0 Å². The van der Waals surface area contributed by atoms with Crippen molar-refractivity contribution in [2.24, 2.45) is 5.92 Å². The van der Waals surface area contributed by atoms with E-state index in [0.29, 0.717) is 23.6 Å². The molecule has 0 aliphatic carbocycles. The van der Waals surface area contributed by atoms with Crippen LogP contribution in [0.5, 0.6) is 5.75 Å². The molecule has 0 radical (unpaired) electrons. The van der Waals surface area contributed by atoms with Crippen LogP contribution >= 0.6 is 0 Å². The van der Waals surface area contributed by atoms with Gasteiger partial charge in [0.2, 0.25) is 0 Å². The third kappa shape index (κ3) is 4.64. The summed E-state index contributed by atoms with van der Waals surface area (Å²) in [6, 6.07) is 12.7. The van der Waals surface area contributed by atoms with Gasteiger partial charge in [-0.3, -0.25) is 0 Å². The van der Waals surface area contributed by atoms with E-state index in [1.807, 2.05) is 38.1 Å². The number of aryl methyl sites for hydroxylation is 2. The van der Waals surface area contributed by atoms with Gasteiger partial charge in [-0.15, -0.1) is 0 Å². The summed E-state index contributed by atoms with van der Waals surface area (Å²) < 4.78 is 11.0. The highest BCUT2D eigenvalue weighted by atomic mass is 16.5. The van der Waals surface area contributed by atoms with Crippen molar-refractivity contribution < 1.29 is 19.1 Å². The lowest BCUT2D eigenvalue weighted by Gasteiger charge is -2.30. The number of methoxy groups -OCH3 is 1. The van der Waals surface area contributed by atoms with E-state index in [9.17, 15) is 9.59 Å². The average molecular weight is 408 g/mol. The Kier molecular flexibility index (Phi) is 6.45. The van der Waals surface area contributed by atoms with E-state index in [-0.39, 0.29) is 11.9 Å². The molecule has 0 saturated heterocycles. The largest absolute Gasteiger partial charge is 0.489 e. The molecular formula is C24H28N2O4. The second-order valence-corrected chi connectivity index (χ2v) is 7.80. The number of allylic oxidation sites excluding steroid dienone is 1. The first-order chi connectivity index (χ1) is 14.3. The number of carbonyl (C=O) groups excluding carboxylic acids is 2. The summed E-state index contributed by atoms with van der Waals surface area (Å²) >= 11 is 0. The predicted octanol–water partition coefficient (Wildman–Crippen LogP) is 4.32. The number of carbonyl (C=O) groups is 2. The maximum absolute atomic E-state index is 12.5. The summed E-state index contributed by atoms with van der Waals surface area (Å²) in [6.07, 6.45) is 0. The Morgan fingerprint density at radius 3 is 2.60 bits per heavy atom. The van der Waals surface area contributed by atoms with E-state index in [4.69, 9.17) is 9.47 Å². The number of hydrogen-bond donors (Lipinski definition) is 2. The molecule has 158 valence electrons. The second kappa shape index (κ2) is 9.03. The molecule has 0 fully saturated rings. The third-order valence-electron chi connectivity index (χ3n) is 5.18. The summed E-state index contributed by atoms with van der Waals surface area (Å²) in [4.78, 5) is 24.8. The Morgan fingerprint density at radius 1 is 1.13 bits per heavy atom. The lowest BCUT2D eigenvalue weighted by molar-refractivity contribution is -0.136. The monoisotopic (exact) mass is 408 g/mol. The predicted molar refractivity (Wildman–Crippen MR) is 115 cm³/mol. The minimum absolute atomic E-state index is 0.0450. The van der Waals surface area contributed by atoms with Gasteiger partial charge in [0.15, 0.2) is 0 Å². The molecule has 6 heteroatoms. The van der Waals surface area contributed by atoms with Crippen LogP contribution in [0.1, 0.15) is 42.1 Å². The topological polar surface area (TPSA) is 76.7 Å². The van der Waals surface area contributed by atoms with Crippen LogP contribution in [0.2, 0.25) is 0 Å². The lowest BCUT2D eigenvalue weighted by Crippen LogP contribution is -2.47. The molecule has 1 heterocycles. The molecule has 1 aliphatic rings. The van der Waals surface area contributed by atoms with Gasteiger partial charge in [0, 0.05) is 5.70 Å². The number of benzene rings is 2. The number of urea groups is 1. The molecular weight excluding hydrogens is 380 g/mol. The van der Waals surface area contributed by atoms with Gasteiger partial charge in [-0.2, -0.15) is 0 Å². The fourth-order valence-corrected chi connectivity index (χ4v) is 3.53. The number of hydrogen-bond acceptors (Lipinski definition) is 4. The van der Waals surface area contributed by atoms with Gasteiger partial charge in [0.25, 0.3) is 0 Å². The highest BCUT2D eigenvalue weighted by Gasteiger charge is 2.34. The third-order valence-corrected chi connectivity index (χ3v) is 5.18. The molecule has 6 nitrogen and oxygen atoms in total. The number of nitrogens with one attached hydrogen (secondary N) is 2. The zero-order chi connectivity index (χ0) is 21.8. The Morgan fingerprint density at radius 2 is 1.90 bits per heavy atom. The van der Waals surface area contributed by atoms with Crippen molar-refractivity contribution in [2.75, 3.05) is 7.11 Å². The van der Waals surface area contributed by atoms with Gasteiger partial charge in [-0.25, -0.2) is 9.59 Å². The van der Waals surface area contributed by atoms with Crippen molar-refractivity contribution in [3.63, 3.8) is 0 Å². The SMILES string of the molecule is COC(=O)C1=C(C(C)C)NC(=O)NC1c1cccc(OCc2cc(C)ccc2C)c1. The molecule has 1 atom stereocenters. The van der Waals surface area contributed by atoms with Crippen LogP contribution < -0.4 is 15.4 Å². The van der Waals surface area contributed by atoms with E-state index in [2.05, 4.69) is 42.7 Å². The fourth-order valence-electron chi connectivity index (χ4n) is 3.53. The van der Waals surface area contributed by atoms with Gasteiger partial charge in [-0.1, -0.05) is 49.7 Å². The second-order valence-electron chi connectivity index (χ2n) is 7.80. The standard InChI is InChI=1S/C24H28N2O4/c1-14(2)21-20(23(27)29-5)22(26-24(28)25-21)17-7-6-8-19(12-17)30-13-18-11-15(3)9-10-16(18)4/h6-12,14,22H,13H2,1-5H3,(H2,25,26,28). The molecule has 30 heavy (non-hydrogen) atoms. The zero-order valence-electron chi connectivity index (χ0n) is 18.0. The fraction of sp³-hybridized carbons (Fsp3) is 0.333. The van der Waals surface area contributed by atoms with Crippen LogP contribution in [-0.2, 0) is 16.1 Å². The van der Waals surface area contributed by atoms with Crippen molar-refractivity contribution in [1.29, 1.82) is 0 Å². The molecule has 3 rings (SSSR count). The van der Waals surface area contributed by atoms with E-state index in [1.54, 1.807) is 0 Å². The molecule has 1 unspecified atom stereocenters. The van der Waals surface area contributed by atoms with E-state index >= 15 is 0 Å². The number of amides is 2. The van der Waals surface area contributed by atoms with Crippen molar-refractivity contribution >= 4 is 12.0 Å². The highest BCUT2D eigenvalue weighted by Crippen LogP contribution is 2.32. The Hall–Kier alpha value is -3.28. The maximum atomic E-state index is 12.5. The summed E-state index contributed by atoms with van der Waals surface area (Å²) in [6.45, 7) is 8.39. The van der Waals surface area contributed by atoms with Crippen LogP contribution in [0.3, 0.4) is 0 Å². The van der Waals surface area contributed by atoms with Crippen molar-refractivity contribution in [1.82, 2.24) is 10.6 Å². The summed E-state index contributed by atoms with van der Waals surface area (Å²) in [5, 5.41) is 5.59. The summed E-state index contributed by atoms with van der Waals surface area (Å²) in [7, 11) is 1.34. The summed E-state index contributed by atoms with van der Waals surface area (Å²) in [5.74, 6) is 0.144. The molecule has 2 aromatic rings. The van der Waals surface area contributed by atoms with Crippen LogP contribution in [0, 0.1) is 19.8 Å². The van der Waals surface area contributed by atoms with E-state index in [0.717, 1.165) is 11.1 Å². The normalized spacial score (nSPS) is 16.2. The molecule has 1 aliphatic heterocycles. The minimum atomic E-state index is -0.618. The van der Waals surface area contributed by atoms with Crippen molar-refractivity contribution in [3.8, 4) is 5.75 Å². The minimum Gasteiger partial charge on any atom is -0.489 e. The molecule has 2 amide bonds. The van der Waals surface area contributed by atoms with Gasteiger partial charge in [0.05, 0.1) is 18.7 Å². The Bertz CT molecular complexity index is 994.